The molecule has 0 saturated carbocycles. The monoisotopic (exact) mass is 925 g/mol. The van der Waals surface area contributed by atoms with Crippen molar-refractivity contribution in [1.29, 1.82) is 0 Å². The van der Waals surface area contributed by atoms with Gasteiger partial charge in [-0.25, -0.2) is 4.98 Å². The number of aryl methyl sites for hydroxylation is 2. The van der Waals surface area contributed by atoms with Gasteiger partial charge in [-0.15, -0.1) is 41.3 Å². The second-order valence-corrected chi connectivity index (χ2v) is 16.2. The zero-order valence-electron chi connectivity index (χ0n) is 33.3. The zero-order valence-corrected chi connectivity index (χ0v) is 35.6. The molecule has 8 aromatic rings. The smallest absolute Gasteiger partial charge is 0.509 e. The van der Waals surface area contributed by atoms with Gasteiger partial charge in [0.15, 0.2) is 0 Å². The van der Waals surface area contributed by atoms with E-state index in [9.17, 15) is 0 Å². The third kappa shape index (κ3) is 7.19. The number of allylic oxidation sites excluding steroid dienone is 2. The largest absolute Gasteiger partial charge is 2.00 e. The number of benzene rings is 5. The number of rotatable bonds is 7. The minimum Gasteiger partial charge on any atom is -0.509 e. The molecule has 3 heterocycles. The predicted molar refractivity (Wildman–Crippen MR) is 228 cm³/mol. The van der Waals surface area contributed by atoms with Gasteiger partial charge in [-0.3, -0.25) is 4.68 Å². The summed E-state index contributed by atoms with van der Waals surface area (Å²) in [6, 6.07) is 50.2. The quantitative estimate of drug-likeness (QED) is 0.150. The number of nitrogens with zero attached hydrogens (tertiary/aromatic N) is 4. The Hall–Kier alpha value is -5.51. The number of fused-ring (bicyclic) bond motifs is 3. The maximum atomic E-state index is 6.74. The van der Waals surface area contributed by atoms with Gasteiger partial charge in [-0.1, -0.05) is 111 Å². The molecular weight excluding hydrogens is 880 g/mol. The third-order valence-electron chi connectivity index (χ3n) is 11.4. The number of aromatic nitrogens is 4. The van der Waals surface area contributed by atoms with Crippen molar-refractivity contribution < 1.29 is 25.8 Å². The summed E-state index contributed by atoms with van der Waals surface area (Å²) in [7, 11) is 0. The minimum absolute atomic E-state index is 0. The second kappa shape index (κ2) is 15.4. The van der Waals surface area contributed by atoms with E-state index in [2.05, 4.69) is 178 Å². The van der Waals surface area contributed by atoms with E-state index in [0.29, 0.717) is 17.4 Å². The molecule has 0 radical (unpaired) electrons. The van der Waals surface area contributed by atoms with Crippen molar-refractivity contribution in [2.24, 2.45) is 0 Å². The molecule has 5 aromatic carbocycles. The van der Waals surface area contributed by atoms with Crippen LogP contribution in [0.15, 0.2) is 134 Å². The molecule has 0 fully saturated rings. The number of para-hydroxylation sites is 1. The van der Waals surface area contributed by atoms with Crippen molar-refractivity contribution in [3.63, 3.8) is 0 Å². The topological polar surface area (TPSA) is 44.9 Å². The first-order valence-electron chi connectivity index (χ1n) is 19.6. The van der Waals surface area contributed by atoms with Crippen molar-refractivity contribution in [2.45, 2.75) is 71.6 Å². The average molecular weight is 926 g/mol. The first kappa shape index (κ1) is 38.4. The molecule has 5 nitrogen and oxygen atoms in total. The number of hydrogen-bond acceptors (Lipinski definition) is 3. The van der Waals surface area contributed by atoms with E-state index < -0.39 is 0 Å². The summed E-state index contributed by atoms with van der Waals surface area (Å²) in [5.41, 5.74) is 12.4. The second-order valence-electron chi connectivity index (χ2n) is 16.2. The van der Waals surface area contributed by atoms with Gasteiger partial charge in [-0.2, -0.15) is 11.2 Å². The van der Waals surface area contributed by atoms with Gasteiger partial charge in [0.25, 0.3) is 0 Å². The molecule has 1 aliphatic carbocycles. The summed E-state index contributed by atoms with van der Waals surface area (Å²) >= 11 is 0. The minimum atomic E-state index is -0.150. The van der Waals surface area contributed by atoms with Crippen LogP contribution in [0.2, 0.25) is 0 Å². The van der Waals surface area contributed by atoms with Crippen LogP contribution in [0, 0.1) is 32.9 Å². The van der Waals surface area contributed by atoms with Crippen molar-refractivity contribution in [2.75, 3.05) is 0 Å². The third-order valence-corrected chi connectivity index (χ3v) is 11.4. The van der Waals surface area contributed by atoms with Gasteiger partial charge >= 0.3 is 21.1 Å². The SMILES string of the molecule is Cc1ccnc(-n2c3[c-]c(Oc4[c-]c(-n5nc(C)c(C6C(c7ccccc7)=CCC[C@@H]6c6ccccc6)c5C)cc(C(C)(C)C)c4)ccc3c3ccccc32)c1.[Pt+2]. The Labute approximate surface area is 350 Å². The Balaban J connectivity index is 0.00000455. The van der Waals surface area contributed by atoms with Crippen LogP contribution in [0.25, 0.3) is 38.9 Å². The summed E-state index contributed by atoms with van der Waals surface area (Å²) in [5, 5.41) is 7.53. The van der Waals surface area contributed by atoms with Crippen molar-refractivity contribution >= 4 is 27.4 Å². The molecule has 0 bridgehead atoms. The first-order valence-corrected chi connectivity index (χ1v) is 19.6. The Kier molecular flexibility index (Phi) is 10.4. The Bertz CT molecular complexity index is 2750. The van der Waals surface area contributed by atoms with E-state index in [1.165, 1.54) is 22.3 Å². The molecule has 0 aliphatic heterocycles. The summed E-state index contributed by atoms with van der Waals surface area (Å²) < 4.78 is 11.0. The fourth-order valence-electron chi connectivity index (χ4n) is 8.68. The molecule has 1 aliphatic rings. The van der Waals surface area contributed by atoms with Crippen LogP contribution in [-0.2, 0) is 26.5 Å². The van der Waals surface area contributed by atoms with Crippen LogP contribution in [0.3, 0.4) is 0 Å². The molecule has 57 heavy (non-hydrogen) atoms. The van der Waals surface area contributed by atoms with Gasteiger partial charge in [0.1, 0.15) is 5.82 Å². The van der Waals surface area contributed by atoms with E-state index >= 15 is 0 Å². The van der Waals surface area contributed by atoms with Crippen LogP contribution in [0.1, 0.15) is 84.7 Å². The van der Waals surface area contributed by atoms with E-state index in [1.54, 1.807) is 0 Å². The van der Waals surface area contributed by atoms with Gasteiger partial charge in [0.2, 0.25) is 0 Å². The van der Waals surface area contributed by atoms with Crippen molar-refractivity contribution in [1.82, 2.24) is 19.3 Å². The molecule has 1 unspecified atom stereocenters. The zero-order chi connectivity index (χ0) is 38.6. The van der Waals surface area contributed by atoms with E-state index in [4.69, 9.17) is 14.8 Å². The van der Waals surface area contributed by atoms with Crippen LogP contribution < -0.4 is 4.74 Å². The molecule has 0 amide bonds. The van der Waals surface area contributed by atoms with Crippen LogP contribution in [0.4, 0.5) is 0 Å². The Morgan fingerprint density at radius 2 is 1.49 bits per heavy atom. The molecule has 3 aromatic heterocycles. The van der Waals surface area contributed by atoms with Gasteiger partial charge in [0, 0.05) is 40.4 Å². The van der Waals surface area contributed by atoms with Crippen LogP contribution >= 0.6 is 0 Å². The molecule has 6 heteroatoms. The summed E-state index contributed by atoms with van der Waals surface area (Å²) in [4.78, 5) is 4.76. The summed E-state index contributed by atoms with van der Waals surface area (Å²) in [6.07, 6.45) is 6.44. The normalized spacial score (nSPS) is 15.7. The van der Waals surface area contributed by atoms with E-state index in [0.717, 1.165) is 68.7 Å². The standard InChI is InChI=1S/C51H46N4O.Pt/c1-33-26-27-52-48(28-33)54-46-23-14-13-20-44(46)45-25-24-40(32-47(45)54)56-41-30-38(51(4,5)6)29-39(31-41)55-35(3)49(34(2)53-55)50-42(36-16-9-7-10-17-36)21-15-22-43(50)37-18-11-8-12-19-37;/h7-14,16-21,23-30,43,50H,15,22H2,1-6H3;/q-2;+2/t43-,50?;/m1./s1. The maximum absolute atomic E-state index is 6.74. The van der Waals surface area contributed by atoms with E-state index in [1.807, 2.05) is 18.3 Å². The van der Waals surface area contributed by atoms with Crippen molar-refractivity contribution in [3.8, 4) is 23.0 Å². The fourth-order valence-corrected chi connectivity index (χ4v) is 8.68. The molecule has 0 N–H and O–H groups in total. The molecular formula is C51H46N4OPt. The average Bonchev–Trinajstić information content (AvgIpc) is 3.70. The maximum Gasteiger partial charge on any atom is 2.00 e. The Morgan fingerprint density at radius 3 is 2.25 bits per heavy atom. The molecule has 0 spiro atoms. The Morgan fingerprint density at radius 1 is 0.754 bits per heavy atom. The van der Waals surface area contributed by atoms with E-state index in [-0.39, 0.29) is 32.4 Å². The summed E-state index contributed by atoms with van der Waals surface area (Å²) in [5.74, 6) is 2.57. The molecule has 286 valence electrons. The first-order chi connectivity index (χ1) is 27.1. The van der Waals surface area contributed by atoms with Crippen LogP contribution in [0.5, 0.6) is 11.5 Å². The molecule has 0 saturated heterocycles. The van der Waals surface area contributed by atoms with Crippen LogP contribution in [-0.4, -0.2) is 19.3 Å². The molecule has 2 atom stereocenters. The predicted octanol–water partition coefficient (Wildman–Crippen LogP) is 12.7. The number of pyridine rings is 1. The number of hydrogen-bond donors (Lipinski definition) is 0. The van der Waals surface area contributed by atoms with Crippen molar-refractivity contribution in [3.05, 3.63) is 185 Å². The molecule has 9 rings (SSSR count). The summed E-state index contributed by atoms with van der Waals surface area (Å²) in [6.45, 7) is 13.2. The van der Waals surface area contributed by atoms with Gasteiger partial charge in [0.05, 0.1) is 5.69 Å². The number of ether oxygens (including phenoxy) is 1. The fraction of sp³-hybridized carbons (Fsp3) is 0.216. The van der Waals surface area contributed by atoms with Gasteiger partial charge in [-0.05, 0) is 96.5 Å². The van der Waals surface area contributed by atoms with Gasteiger partial charge < -0.3 is 9.30 Å².